The van der Waals surface area contributed by atoms with Crippen LogP contribution in [0.25, 0.3) is 0 Å². The van der Waals surface area contributed by atoms with Crippen molar-refractivity contribution in [3.8, 4) is 5.75 Å². The molecule has 0 fully saturated rings. The van der Waals surface area contributed by atoms with Gasteiger partial charge in [-0.15, -0.1) is 0 Å². The van der Waals surface area contributed by atoms with Crippen LogP contribution in [0.5, 0.6) is 5.75 Å². The van der Waals surface area contributed by atoms with Crippen molar-refractivity contribution in [1.82, 2.24) is 9.21 Å². The summed E-state index contributed by atoms with van der Waals surface area (Å²) in [5.41, 5.74) is 1.24. The fraction of sp³-hybridized carbons (Fsp3) is 0.333. The lowest BCUT2D eigenvalue weighted by Crippen LogP contribution is -2.48. The molecule has 0 saturated carbocycles. The van der Waals surface area contributed by atoms with Crippen LogP contribution in [0, 0.1) is 11.7 Å². The molecule has 10 nitrogen and oxygen atoms in total. The van der Waals surface area contributed by atoms with Gasteiger partial charge >= 0.3 is 6.03 Å². The van der Waals surface area contributed by atoms with Crippen molar-refractivity contribution < 1.29 is 32.2 Å². The number of fused-ring (bicyclic) bond motifs is 1. The number of benzene rings is 3. The number of carbonyl (C=O) groups excluding carboxylic acids is 2. The minimum Gasteiger partial charge on any atom is -0.488 e. The Morgan fingerprint density at radius 2 is 1.74 bits per heavy atom. The molecule has 3 N–H and O–H groups in total. The van der Waals surface area contributed by atoms with Gasteiger partial charge < -0.3 is 25.4 Å². The Hall–Kier alpha value is -3.71. The highest BCUT2D eigenvalue weighted by atomic mass is 35.5. The van der Waals surface area contributed by atoms with Crippen molar-refractivity contribution in [2.75, 3.05) is 37.4 Å². The maximum absolute atomic E-state index is 13.4. The van der Waals surface area contributed by atoms with Gasteiger partial charge in [0, 0.05) is 41.5 Å². The molecule has 230 valence electrons. The smallest absolute Gasteiger partial charge is 0.323 e. The molecule has 3 atom stereocenters. The van der Waals surface area contributed by atoms with E-state index in [9.17, 15) is 27.5 Å². The topological polar surface area (TPSA) is 128 Å². The number of amides is 3. The molecule has 0 radical (unpaired) electrons. The van der Waals surface area contributed by atoms with Crippen LogP contribution in [0.2, 0.25) is 5.02 Å². The first-order valence-electron chi connectivity index (χ1n) is 13.6. The van der Waals surface area contributed by atoms with Crippen molar-refractivity contribution in [2.24, 2.45) is 5.92 Å². The van der Waals surface area contributed by atoms with Gasteiger partial charge in [-0.1, -0.05) is 18.5 Å². The highest BCUT2D eigenvalue weighted by molar-refractivity contribution is 7.89. The van der Waals surface area contributed by atoms with E-state index in [1.807, 2.05) is 6.92 Å². The third kappa shape index (κ3) is 8.02. The van der Waals surface area contributed by atoms with Crippen LogP contribution in [0.3, 0.4) is 0 Å². The molecular formula is C30H34ClFN4O6S. The molecule has 4 rings (SSSR count). The Morgan fingerprint density at radius 3 is 2.40 bits per heavy atom. The maximum Gasteiger partial charge on any atom is 0.323 e. The molecule has 0 aliphatic carbocycles. The van der Waals surface area contributed by atoms with Crippen LogP contribution < -0.4 is 15.4 Å². The average molecular weight is 633 g/mol. The second kappa shape index (κ2) is 13.7. The van der Waals surface area contributed by atoms with E-state index in [0.29, 0.717) is 27.7 Å². The standard InChI is InChI=1S/C30H34ClFN4O6S/c1-19-16-36(20(2)18-37)29(38)15-21-14-25(34-30(39)33-24-8-6-23(32)7-9-24)10-13-27(21)42-28(19)17-35(3)43(40,41)26-11-4-22(31)5-12-26/h4-14,19-20,28,37H,15-18H2,1-3H3,(H2,33,34,39)/t19-,20+,28-/m0/s1. The molecule has 0 spiro atoms. The number of urea groups is 1. The summed E-state index contributed by atoms with van der Waals surface area (Å²) in [5, 5.41) is 15.6. The van der Waals surface area contributed by atoms with Crippen LogP contribution >= 0.6 is 11.6 Å². The Bertz CT molecular complexity index is 1560. The van der Waals surface area contributed by atoms with Crippen molar-refractivity contribution in [1.29, 1.82) is 0 Å². The quantitative estimate of drug-likeness (QED) is 0.333. The van der Waals surface area contributed by atoms with E-state index >= 15 is 0 Å². The van der Waals surface area contributed by atoms with E-state index in [-0.39, 0.29) is 42.8 Å². The van der Waals surface area contributed by atoms with Crippen molar-refractivity contribution in [3.05, 3.63) is 83.1 Å². The third-order valence-electron chi connectivity index (χ3n) is 7.24. The maximum atomic E-state index is 13.4. The number of aliphatic hydroxyl groups is 1. The minimum atomic E-state index is -3.88. The number of anilines is 2. The average Bonchev–Trinajstić information content (AvgIpc) is 3.01. The van der Waals surface area contributed by atoms with Gasteiger partial charge in [-0.3, -0.25) is 4.79 Å². The molecule has 3 aromatic carbocycles. The van der Waals surface area contributed by atoms with Gasteiger partial charge in [0.2, 0.25) is 15.9 Å². The van der Waals surface area contributed by atoms with E-state index in [1.165, 1.54) is 59.9 Å². The molecule has 43 heavy (non-hydrogen) atoms. The van der Waals surface area contributed by atoms with Gasteiger partial charge in [0.25, 0.3) is 0 Å². The fourth-order valence-corrected chi connectivity index (χ4v) is 6.00. The number of nitrogens with one attached hydrogen (secondary N) is 2. The molecule has 1 aliphatic heterocycles. The zero-order chi connectivity index (χ0) is 31.3. The molecule has 0 aromatic heterocycles. The Morgan fingerprint density at radius 1 is 1.12 bits per heavy atom. The second-order valence-corrected chi connectivity index (χ2v) is 13.0. The zero-order valence-electron chi connectivity index (χ0n) is 24.0. The highest BCUT2D eigenvalue weighted by Crippen LogP contribution is 2.30. The van der Waals surface area contributed by atoms with Crippen molar-refractivity contribution >= 4 is 44.9 Å². The van der Waals surface area contributed by atoms with Gasteiger partial charge in [0.15, 0.2) is 0 Å². The summed E-state index contributed by atoms with van der Waals surface area (Å²) in [5.74, 6) is -0.648. The van der Waals surface area contributed by atoms with Gasteiger partial charge in [0.1, 0.15) is 17.7 Å². The monoisotopic (exact) mass is 632 g/mol. The number of nitrogens with zero attached hydrogens (tertiary/aromatic N) is 2. The summed E-state index contributed by atoms with van der Waals surface area (Å²) in [4.78, 5) is 27.7. The van der Waals surface area contributed by atoms with Crippen molar-refractivity contribution in [3.63, 3.8) is 0 Å². The molecule has 0 saturated heterocycles. The number of carbonyl (C=O) groups is 2. The first kappa shape index (κ1) is 32.2. The van der Waals surface area contributed by atoms with Gasteiger partial charge in [-0.25, -0.2) is 17.6 Å². The number of aliphatic hydroxyl groups excluding tert-OH is 1. The largest absolute Gasteiger partial charge is 0.488 e. The Balaban J connectivity index is 1.61. The number of hydrogen-bond acceptors (Lipinski definition) is 6. The van der Waals surface area contributed by atoms with E-state index in [2.05, 4.69) is 10.6 Å². The molecular weight excluding hydrogens is 599 g/mol. The second-order valence-electron chi connectivity index (χ2n) is 10.5. The number of ether oxygens (including phenoxy) is 1. The summed E-state index contributed by atoms with van der Waals surface area (Å²) in [6.07, 6.45) is -0.752. The van der Waals surface area contributed by atoms with Crippen LogP contribution in [0.15, 0.2) is 71.6 Å². The lowest BCUT2D eigenvalue weighted by Gasteiger charge is -2.33. The fourth-order valence-electron chi connectivity index (χ4n) is 4.69. The molecule has 1 heterocycles. The van der Waals surface area contributed by atoms with Crippen molar-refractivity contribution in [2.45, 2.75) is 37.3 Å². The summed E-state index contributed by atoms with van der Waals surface area (Å²) in [7, 11) is -2.42. The Kier molecular flexibility index (Phi) is 10.3. The van der Waals surface area contributed by atoms with Crippen LogP contribution in [-0.2, 0) is 21.2 Å². The molecule has 13 heteroatoms. The van der Waals surface area contributed by atoms with E-state index in [1.54, 1.807) is 30.0 Å². The summed E-state index contributed by atoms with van der Waals surface area (Å²) >= 11 is 5.94. The Labute approximate surface area is 255 Å². The first-order chi connectivity index (χ1) is 20.4. The molecule has 0 bridgehead atoms. The SMILES string of the molecule is C[C@H](CO)N1C[C@H](C)[C@H](CN(C)S(=O)(=O)c2ccc(Cl)cc2)Oc2ccc(NC(=O)Nc3ccc(F)cc3)cc2CC1=O. The van der Waals surface area contributed by atoms with Crippen LogP contribution in [0.1, 0.15) is 19.4 Å². The first-order valence-corrected chi connectivity index (χ1v) is 15.4. The third-order valence-corrected chi connectivity index (χ3v) is 9.32. The molecule has 0 unspecified atom stereocenters. The van der Waals surface area contributed by atoms with E-state index in [4.69, 9.17) is 16.3 Å². The number of hydrogen-bond donors (Lipinski definition) is 3. The minimum absolute atomic E-state index is 0.0266. The lowest BCUT2D eigenvalue weighted by atomic mass is 10.0. The number of likely N-dealkylation sites (N-methyl/N-ethyl adjacent to an activating group) is 1. The highest BCUT2D eigenvalue weighted by Gasteiger charge is 2.33. The lowest BCUT2D eigenvalue weighted by molar-refractivity contribution is -0.134. The van der Waals surface area contributed by atoms with Gasteiger partial charge in [-0.05, 0) is 73.7 Å². The van der Waals surface area contributed by atoms with Gasteiger partial charge in [-0.2, -0.15) is 4.31 Å². The van der Waals surface area contributed by atoms with Gasteiger partial charge in [0.05, 0.1) is 30.5 Å². The van der Waals surface area contributed by atoms with Crippen LogP contribution in [-0.4, -0.2) is 73.6 Å². The summed E-state index contributed by atoms with van der Waals surface area (Å²) in [6, 6.07) is 14.9. The predicted molar refractivity (Wildman–Crippen MR) is 162 cm³/mol. The zero-order valence-corrected chi connectivity index (χ0v) is 25.5. The van der Waals surface area contributed by atoms with E-state index in [0.717, 1.165) is 0 Å². The molecule has 1 aliphatic rings. The molecule has 3 amide bonds. The number of halogens is 2. The number of sulfonamides is 1. The normalized spacial score (nSPS) is 18.1. The summed E-state index contributed by atoms with van der Waals surface area (Å²) in [6.45, 7) is 3.53. The predicted octanol–water partition coefficient (Wildman–Crippen LogP) is 4.59. The number of rotatable bonds is 8. The van der Waals surface area contributed by atoms with E-state index < -0.39 is 34.0 Å². The molecule has 3 aromatic rings. The summed E-state index contributed by atoms with van der Waals surface area (Å²) < 4.78 is 47.4. The van der Waals surface area contributed by atoms with Crippen LogP contribution in [0.4, 0.5) is 20.6 Å².